The molecule has 3 N–H and O–H groups in total. The number of aliphatic hydroxyl groups is 1. The van der Waals surface area contributed by atoms with Crippen molar-refractivity contribution < 1.29 is 23.8 Å². The average Bonchev–Trinajstić information content (AvgIpc) is 2.97. The summed E-state index contributed by atoms with van der Waals surface area (Å²) in [6, 6.07) is 4.31. The SMILES string of the molecule is CN1c2cc(-c3n[nH]c(=O)o3)ccc2OC[C@H](NC(=O)OC(C)(C)C)C1O. The van der Waals surface area contributed by atoms with Gasteiger partial charge in [0.15, 0.2) is 6.23 Å². The van der Waals surface area contributed by atoms with E-state index in [2.05, 4.69) is 15.5 Å². The van der Waals surface area contributed by atoms with Crippen LogP contribution in [0.4, 0.5) is 10.5 Å². The Kier molecular flexibility index (Phi) is 4.83. The van der Waals surface area contributed by atoms with Crippen molar-refractivity contribution >= 4 is 11.8 Å². The average molecular weight is 378 g/mol. The van der Waals surface area contributed by atoms with Crippen molar-refractivity contribution in [1.29, 1.82) is 0 Å². The van der Waals surface area contributed by atoms with E-state index in [1.54, 1.807) is 50.9 Å². The van der Waals surface area contributed by atoms with E-state index in [0.29, 0.717) is 17.0 Å². The van der Waals surface area contributed by atoms with E-state index in [1.165, 1.54) is 0 Å². The highest BCUT2D eigenvalue weighted by Crippen LogP contribution is 2.35. The number of carbonyl (C=O) groups is 1. The molecular weight excluding hydrogens is 356 g/mol. The number of aromatic nitrogens is 2. The topological polar surface area (TPSA) is 130 Å². The molecule has 1 aromatic heterocycles. The molecule has 0 saturated heterocycles. The van der Waals surface area contributed by atoms with Gasteiger partial charge >= 0.3 is 11.8 Å². The Hall–Kier alpha value is -3.01. The first-order valence-electron chi connectivity index (χ1n) is 8.37. The third-order valence-electron chi connectivity index (χ3n) is 3.90. The second-order valence-electron chi connectivity index (χ2n) is 7.19. The zero-order valence-corrected chi connectivity index (χ0v) is 15.5. The number of likely N-dealkylation sites (N-methyl/N-ethyl adjacent to an activating group) is 1. The molecule has 10 heteroatoms. The first-order valence-corrected chi connectivity index (χ1v) is 8.37. The van der Waals surface area contributed by atoms with Gasteiger partial charge < -0.3 is 29.2 Å². The number of rotatable bonds is 2. The van der Waals surface area contributed by atoms with Crippen molar-refractivity contribution in [2.75, 3.05) is 18.6 Å². The molecule has 1 aromatic carbocycles. The molecule has 0 radical (unpaired) electrons. The lowest BCUT2D eigenvalue weighted by Crippen LogP contribution is -2.53. The fourth-order valence-electron chi connectivity index (χ4n) is 2.65. The van der Waals surface area contributed by atoms with Gasteiger partial charge in [0.1, 0.15) is 24.0 Å². The zero-order chi connectivity index (χ0) is 19.8. The van der Waals surface area contributed by atoms with E-state index in [1.807, 2.05) is 0 Å². The molecule has 2 atom stereocenters. The first kappa shape index (κ1) is 18.8. The van der Waals surface area contributed by atoms with Crippen LogP contribution in [0.15, 0.2) is 27.4 Å². The number of anilines is 1. The minimum atomic E-state index is -1.07. The maximum absolute atomic E-state index is 12.0. The number of nitrogens with one attached hydrogen (secondary N) is 2. The van der Waals surface area contributed by atoms with Crippen LogP contribution in [0.3, 0.4) is 0 Å². The zero-order valence-electron chi connectivity index (χ0n) is 15.5. The summed E-state index contributed by atoms with van der Waals surface area (Å²) in [5, 5.41) is 19.3. The highest BCUT2D eigenvalue weighted by molar-refractivity contribution is 5.70. The molecule has 0 spiro atoms. The Morgan fingerprint density at radius 3 is 2.81 bits per heavy atom. The van der Waals surface area contributed by atoms with Crippen molar-refractivity contribution in [2.45, 2.75) is 38.6 Å². The third kappa shape index (κ3) is 4.22. The van der Waals surface area contributed by atoms with Crippen LogP contribution in [0.1, 0.15) is 20.8 Å². The molecule has 10 nitrogen and oxygen atoms in total. The summed E-state index contributed by atoms with van der Waals surface area (Å²) in [6.07, 6.45) is -1.71. The maximum Gasteiger partial charge on any atom is 0.434 e. The Labute approximate surface area is 155 Å². The van der Waals surface area contributed by atoms with E-state index in [4.69, 9.17) is 13.9 Å². The number of nitrogens with zero attached hydrogens (tertiary/aromatic N) is 2. The number of benzene rings is 1. The number of aliphatic hydroxyl groups excluding tert-OH is 1. The molecule has 1 amide bonds. The standard InChI is InChI=1S/C17H22N4O6/c1-17(2,3)27-15(23)18-10-8-25-12-6-5-9(13-19-20-16(24)26-13)7-11(12)21(4)14(10)22/h5-7,10,14,22H,8H2,1-4H3,(H,18,23)(H,20,24)/t10-,14?/m0/s1. The molecule has 1 aliphatic rings. The summed E-state index contributed by atoms with van der Waals surface area (Å²) < 4.78 is 15.9. The van der Waals surface area contributed by atoms with Gasteiger partial charge in [0.25, 0.3) is 0 Å². The lowest BCUT2D eigenvalue weighted by molar-refractivity contribution is 0.0386. The maximum atomic E-state index is 12.0. The Balaban J connectivity index is 1.81. The highest BCUT2D eigenvalue weighted by atomic mass is 16.6. The van der Waals surface area contributed by atoms with Gasteiger partial charge in [0.05, 0.1) is 5.69 Å². The molecule has 27 heavy (non-hydrogen) atoms. The van der Waals surface area contributed by atoms with Crippen LogP contribution in [0, 0.1) is 0 Å². The van der Waals surface area contributed by atoms with Crippen LogP contribution in [0.2, 0.25) is 0 Å². The molecule has 3 rings (SSSR count). The van der Waals surface area contributed by atoms with Crippen molar-refractivity contribution in [3.63, 3.8) is 0 Å². The number of hydrogen-bond donors (Lipinski definition) is 3. The molecule has 1 aliphatic heterocycles. The molecule has 0 saturated carbocycles. The van der Waals surface area contributed by atoms with Crippen LogP contribution in [-0.4, -0.2) is 52.9 Å². The van der Waals surface area contributed by atoms with Crippen molar-refractivity contribution in [3.05, 3.63) is 28.7 Å². The molecule has 0 fully saturated rings. The van der Waals surface area contributed by atoms with Crippen LogP contribution in [0.5, 0.6) is 5.75 Å². The highest BCUT2D eigenvalue weighted by Gasteiger charge is 2.32. The van der Waals surface area contributed by atoms with Crippen molar-refractivity contribution in [3.8, 4) is 17.2 Å². The van der Waals surface area contributed by atoms with Gasteiger partial charge in [-0.1, -0.05) is 0 Å². The Morgan fingerprint density at radius 1 is 1.44 bits per heavy atom. The fraction of sp³-hybridized carbons (Fsp3) is 0.471. The largest absolute Gasteiger partial charge is 0.489 e. The van der Waals surface area contributed by atoms with E-state index in [9.17, 15) is 14.7 Å². The summed E-state index contributed by atoms with van der Waals surface area (Å²) in [6.45, 7) is 5.31. The van der Waals surface area contributed by atoms with Crippen molar-refractivity contribution in [1.82, 2.24) is 15.5 Å². The second kappa shape index (κ2) is 6.95. The Bertz CT molecular complexity index is 884. The lowest BCUT2D eigenvalue weighted by Gasteiger charge is -2.30. The monoisotopic (exact) mass is 378 g/mol. The minimum absolute atomic E-state index is 0.0502. The van der Waals surface area contributed by atoms with E-state index in [0.717, 1.165) is 0 Å². The number of fused-ring (bicyclic) bond motifs is 1. The van der Waals surface area contributed by atoms with E-state index >= 15 is 0 Å². The minimum Gasteiger partial charge on any atom is -0.489 e. The molecular formula is C17H22N4O6. The summed E-state index contributed by atoms with van der Waals surface area (Å²) in [4.78, 5) is 24.7. The van der Waals surface area contributed by atoms with E-state index < -0.39 is 29.7 Å². The van der Waals surface area contributed by atoms with Gasteiger partial charge in [-0.15, -0.1) is 5.10 Å². The summed E-state index contributed by atoms with van der Waals surface area (Å²) >= 11 is 0. The quantitative estimate of drug-likeness (QED) is 0.707. The van der Waals surface area contributed by atoms with Gasteiger partial charge in [-0.3, -0.25) is 0 Å². The summed E-state index contributed by atoms with van der Waals surface area (Å²) in [5.74, 6) is -0.0313. The van der Waals surface area contributed by atoms with Crippen LogP contribution < -0.4 is 20.7 Å². The van der Waals surface area contributed by atoms with Gasteiger partial charge in [-0.25, -0.2) is 14.7 Å². The predicted octanol–water partition coefficient (Wildman–Crippen LogP) is 1.07. The van der Waals surface area contributed by atoms with Crippen LogP contribution in [0.25, 0.3) is 11.5 Å². The van der Waals surface area contributed by atoms with Gasteiger partial charge in [0, 0.05) is 12.6 Å². The van der Waals surface area contributed by atoms with Crippen LogP contribution >= 0.6 is 0 Å². The molecule has 1 unspecified atom stereocenters. The smallest absolute Gasteiger partial charge is 0.434 e. The number of ether oxygens (including phenoxy) is 2. The fourth-order valence-corrected chi connectivity index (χ4v) is 2.65. The van der Waals surface area contributed by atoms with Gasteiger partial charge in [-0.2, -0.15) is 0 Å². The normalized spacial score (nSPS) is 19.7. The Morgan fingerprint density at radius 2 is 2.19 bits per heavy atom. The molecule has 0 bridgehead atoms. The first-order chi connectivity index (χ1) is 12.6. The van der Waals surface area contributed by atoms with Gasteiger partial charge in [0.2, 0.25) is 5.89 Å². The van der Waals surface area contributed by atoms with Gasteiger partial charge in [-0.05, 0) is 39.0 Å². The van der Waals surface area contributed by atoms with E-state index in [-0.39, 0.29) is 12.5 Å². The molecule has 2 aromatic rings. The number of hydrogen-bond acceptors (Lipinski definition) is 8. The summed E-state index contributed by atoms with van der Waals surface area (Å²) in [5.41, 5.74) is 0.435. The predicted molar refractivity (Wildman–Crippen MR) is 95.6 cm³/mol. The number of H-pyrrole nitrogens is 1. The number of alkyl carbamates (subject to hydrolysis) is 1. The number of carbonyl (C=O) groups excluding carboxylic acids is 1. The number of aromatic amines is 1. The van der Waals surface area contributed by atoms with Crippen LogP contribution in [-0.2, 0) is 4.74 Å². The summed E-state index contributed by atoms with van der Waals surface area (Å²) in [7, 11) is 1.66. The number of amides is 1. The molecule has 0 aliphatic carbocycles. The third-order valence-corrected chi connectivity index (χ3v) is 3.90. The molecule has 146 valence electrons. The second-order valence-corrected chi connectivity index (χ2v) is 7.19. The molecule has 2 heterocycles. The van der Waals surface area contributed by atoms with Crippen molar-refractivity contribution in [2.24, 2.45) is 0 Å². The lowest BCUT2D eigenvalue weighted by atomic mass is 10.1.